The van der Waals surface area contributed by atoms with E-state index in [4.69, 9.17) is 5.73 Å². The number of carbonyl (C=O) groups is 1. The first kappa shape index (κ1) is 16.0. The van der Waals surface area contributed by atoms with Crippen molar-refractivity contribution in [1.82, 2.24) is 9.80 Å². The number of carbonyl (C=O) groups excluding carboxylic acids is 1. The summed E-state index contributed by atoms with van der Waals surface area (Å²) in [5.41, 5.74) is 9.60. The number of benzene rings is 1. The number of hydrogen-bond donors (Lipinski definition) is 1. The van der Waals surface area contributed by atoms with Crippen LogP contribution in [0.25, 0.3) is 0 Å². The fourth-order valence-electron chi connectivity index (χ4n) is 2.84. The van der Waals surface area contributed by atoms with Crippen LogP contribution in [0.5, 0.6) is 0 Å². The molecule has 1 saturated heterocycles. The van der Waals surface area contributed by atoms with Crippen molar-refractivity contribution >= 4 is 5.91 Å². The maximum Gasteiger partial charge on any atom is 0.227 e. The van der Waals surface area contributed by atoms with E-state index in [9.17, 15) is 4.79 Å². The molecule has 1 aromatic carbocycles. The third-order valence-corrected chi connectivity index (χ3v) is 4.42. The Hall–Kier alpha value is -1.39. The Balaban J connectivity index is 2.05. The standard InChI is InChI=1S/C17H27N3O/c1-13-4-5-14(2)15(10-13)11-16(12-18)17(21)20-8-6-19(3)7-9-20/h4-5,10,16H,6-9,11-12,18H2,1-3H3. The fraction of sp³-hybridized carbons (Fsp3) is 0.588. The molecule has 1 heterocycles. The van der Waals surface area contributed by atoms with Crippen LogP contribution in [0.3, 0.4) is 0 Å². The summed E-state index contributed by atoms with van der Waals surface area (Å²) in [5, 5.41) is 0. The largest absolute Gasteiger partial charge is 0.340 e. The van der Waals surface area contributed by atoms with Crippen molar-refractivity contribution < 1.29 is 4.79 Å². The lowest BCUT2D eigenvalue weighted by Crippen LogP contribution is -2.50. The van der Waals surface area contributed by atoms with Gasteiger partial charge in [-0.05, 0) is 38.4 Å². The van der Waals surface area contributed by atoms with Crippen LogP contribution in [0.4, 0.5) is 0 Å². The van der Waals surface area contributed by atoms with Crippen molar-refractivity contribution in [3.8, 4) is 0 Å². The summed E-state index contributed by atoms with van der Waals surface area (Å²) in [5.74, 6) is 0.111. The van der Waals surface area contributed by atoms with Gasteiger partial charge in [0.15, 0.2) is 0 Å². The Bertz CT molecular complexity index is 493. The summed E-state index contributed by atoms with van der Waals surface area (Å²) in [6, 6.07) is 6.41. The zero-order valence-corrected chi connectivity index (χ0v) is 13.4. The van der Waals surface area contributed by atoms with Gasteiger partial charge in [0.1, 0.15) is 0 Å². The molecule has 1 unspecified atom stereocenters. The quantitative estimate of drug-likeness (QED) is 0.906. The maximum absolute atomic E-state index is 12.7. The molecule has 0 aromatic heterocycles. The van der Waals surface area contributed by atoms with Crippen LogP contribution in [-0.4, -0.2) is 55.5 Å². The van der Waals surface area contributed by atoms with Crippen molar-refractivity contribution in [1.29, 1.82) is 0 Å². The Morgan fingerprint density at radius 1 is 1.24 bits per heavy atom. The molecule has 0 aliphatic carbocycles. The summed E-state index contributed by atoms with van der Waals surface area (Å²) in [7, 11) is 2.10. The molecule has 0 radical (unpaired) electrons. The van der Waals surface area contributed by atoms with E-state index in [1.54, 1.807) is 0 Å². The van der Waals surface area contributed by atoms with Crippen LogP contribution in [0.1, 0.15) is 16.7 Å². The van der Waals surface area contributed by atoms with Gasteiger partial charge in [-0.15, -0.1) is 0 Å². The van der Waals surface area contributed by atoms with Crippen molar-refractivity contribution in [3.63, 3.8) is 0 Å². The number of nitrogens with two attached hydrogens (primary N) is 1. The molecule has 2 N–H and O–H groups in total. The van der Waals surface area contributed by atoms with Crippen LogP contribution < -0.4 is 5.73 Å². The van der Waals surface area contributed by atoms with E-state index in [2.05, 4.69) is 44.0 Å². The van der Waals surface area contributed by atoms with Crippen molar-refractivity contribution in [2.45, 2.75) is 20.3 Å². The lowest BCUT2D eigenvalue weighted by atomic mass is 9.93. The summed E-state index contributed by atoms with van der Waals surface area (Å²) in [6.45, 7) is 8.14. The number of hydrogen-bond acceptors (Lipinski definition) is 3. The summed E-state index contributed by atoms with van der Waals surface area (Å²) in [6.07, 6.45) is 0.745. The van der Waals surface area contributed by atoms with Gasteiger partial charge in [-0.25, -0.2) is 0 Å². The van der Waals surface area contributed by atoms with Gasteiger partial charge in [-0.3, -0.25) is 4.79 Å². The molecule has 4 heteroatoms. The van der Waals surface area contributed by atoms with E-state index >= 15 is 0 Å². The fourth-order valence-corrected chi connectivity index (χ4v) is 2.84. The second kappa shape index (κ2) is 7.05. The molecule has 0 bridgehead atoms. The van der Waals surface area contributed by atoms with Crippen molar-refractivity contribution in [3.05, 3.63) is 34.9 Å². The predicted octanol–water partition coefficient (Wildman–Crippen LogP) is 1.19. The van der Waals surface area contributed by atoms with Gasteiger partial charge in [-0.1, -0.05) is 23.8 Å². The van der Waals surface area contributed by atoms with E-state index < -0.39 is 0 Å². The van der Waals surface area contributed by atoms with E-state index in [0.717, 1.165) is 32.6 Å². The molecule has 0 spiro atoms. The van der Waals surface area contributed by atoms with Crippen molar-refractivity contribution in [2.75, 3.05) is 39.8 Å². The molecule has 1 atom stereocenters. The first-order valence-corrected chi connectivity index (χ1v) is 7.74. The monoisotopic (exact) mass is 289 g/mol. The van der Waals surface area contributed by atoms with Gasteiger partial charge in [0, 0.05) is 32.7 Å². The third-order valence-electron chi connectivity index (χ3n) is 4.42. The van der Waals surface area contributed by atoms with Crippen LogP contribution in [0.2, 0.25) is 0 Å². The Labute approximate surface area is 127 Å². The van der Waals surface area contributed by atoms with Crippen LogP contribution >= 0.6 is 0 Å². The molecule has 21 heavy (non-hydrogen) atoms. The predicted molar refractivity (Wildman–Crippen MR) is 86.2 cm³/mol. The maximum atomic E-state index is 12.7. The molecule has 0 saturated carbocycles. The molecule has 2 rings (SSSR count). The topological polar surface area (TPSA) is 49.6 Å². The van der Waals surface area contributed by atoms with Gasteiger partial charge >= 0.3 is 0 Å². The molecule has 1 aromatic rings. The number of aryl methyl sites for hydroxylation is 2. The van der Waals surface area contributed by atoms with Gasteiger partial charge in [0.05, 0.1) is 5.92 Å². The molecule has 1 fully saturated rings. The first-order valence-electron chi connectivity index (χ1n) is 7.74. The summed E-state index contributed by atoms with van der Waals surface area (Å²) >= 11 is 0. The van der Waals surface area contributed by atoms with Crippen LogP contribution in [0, 0.1) is 19.8 Å². The smallest absolute Gasteiger partial charge is 0.227 e. The van der Waals surface area contributed by atoms with Gasteiger partial charge < -0.3 is 15.5 Å². The van der Waals surface area contributed by atoms with E-state index in [-0.39, 0.29) is 11.8 Å². The Morgan fingerprint density at radius 3 is 2.52 bits per heavy atom. The normalized spacial score (nSPS) is 17.8. The number of amides is 1. The van der Waals surface area contributed by atoms with Crippen molar-refractivity contribution in [2.24, 2.45) is 11.7 Å². The zero-order chi connectivity index (χ0) is 15.4. The third kappa shape index (κ3) is 4.05. The number of piperazine rings is 1. The number of nitrogens with zero attached hydrogens (tertiary/aromatic N) is 2. The van der Waals surface area contributed by atoms with E-state index in [1.165, 1.54) is 16.7 Å². The highest BCUT2D eigenvalue weighted by atomic mass is 16.2. The second-order valence-corrected chi connectivity index (χ2v) is 6.20. The average Bonchev–Trinajstić information content (AvgIpc) is 2.48. The summed E-state index contributed by atoms with van der Waals surface area (Å²) in [4.78, 5) is 16.9. The lowest BCUT2D eigenvalue weighted by Gasteiger charge is -2.34. The number of rotatable bonds is 4. The van der Waals surface area contributed by atoms with E-state index in [0.29, 0.717) is 6.54 Å². The minimum absolute atomic E-state index is 0.103. The van der Waals surface area contributed by atoms with Gasteiger partial charge in [0.25, 0.3) is 0 Å². The minimum atomic E-state index is -0.103. The second-order valence-electron chi connectivity index (χ2n) is 6.20. The molecule has 4 nitrogen and oxygen atoms in total. The molecular weight excluding hydrogens is 262 g/mol. The molecule has 116 valence electrons. The molecule has 1 aliphatic rings. The Kier molecular flexibility index (Phi) is 5.37. The highest BCUT2D eigenvalue weighted by molar-refractivity contribution is 5.79. The van der Waals surface area contributed by atoms with E-state index in [1.807, 2.05) is 4.90 Å². The number of likely N-dealkylation sites (N-methyl/N-ethyl adjacent to an activating group) is 1. The van der Waals surface area contributed by atoms with Gasteiger partial charge in [0.2, 0.25) is 5.91 Å². The highest BCUT2D eigenvalue weighted by Crippen LogP contribution is 2.17. The Morgan fingerprint density at radius 2 is 1.90 bits per heavy atom. The van der Waals surface area contributed by atoms with Crippen LogP contribution in [-0.2, 0) is 11.2 Å². The molecular formula is C17H27N3O. The highest BCUT2D eigenvalue weighted by Gasteiger charge is 2.26. The average molecular weight is 289 g/mol. The molecule has 1 amide bonds. The van der Waals surface area contributed by atoms with Crippen LogP contribution in [0.15, 0.2) is 18.2 Å². The molecule has 1 aliphatic heterocycles. The lowest BCUT2D eigenvalue weighted by molar-refractivity contribution is -0.136. The van der Waals surface area contributed by atoms with Gasteiger partial charge in [-0.2, -0.15) is 0 Å². The minimum Gasteiger partial charge on any atom is -0.340 e. The summed E-state index contributed by atoms with van der Waals surface area (Å²) < 4.78 is 0. The first-order chi connectivity index (χ1) is 10.0. The zero-order valence-electron chi connectivity index (χ0n) is 13.4. The SMILES string of the molecule is Cc1ccc(C)c(CC(CN)C(=O)N2CCN(C)CC2)c1.